The number of hydrogen-bond donors (Lipinski definition) is 1. The third-order valence-corrected chi connectivity index (χ3v) is 4.88. The van der Waals surface area contributed by atoms with Crippen molar-refractivity contribution in [2.24, 2.45) is 11.8 Å². The molecule has 4 rings (SSSR count). The monoisotopic (exact) mass is 328 g/mol. The highest BCUT2D eigenvalue weighted by atomic mass is 16.5. The number of carbonyl (C=O) groups is 1. The number of nitrogens with one attached hydrogen (secondary N) is 1. The second-order valence-electron chi connectivity index (χ2n) is 6.30. The van der Waals surface area contributed by atoms with Gasteiger partial charge in [-0.1, -0.05) is 0 Å². The zero-order valence-electron chi connectivity index (χ0n) is 13.3. The summed E-state index contributed by atoms with van der Waals surface area (Å²) in [6.07, 6.45) is 7.57. The summed E-state index contributed by atoms with van der Waals surface area (Å²) in [7, 11) is 0. The van der Waals surface area contributed by atoms with Gasteiger partial charge >= 0.3 is 0 Å². The van der Waals surface area contributed by atoms with Crippen LogP contribution in [0.1, 0.15) is 16.8 Å². The topological polar surface area (TPSA) is 80.5 Å². The van der Waals surface area contributed by atoms with Crippen LogP contribution in [-0.4, -0.2) is 53.1 Å². The number of anilines is 1. The fourth-order valence-corrected chi connectivity index (χ4v) is 3.63. The van der Waals surface area contributed by atoms with Crippen LogP contribution in [0.2, 0.25) is 0 Å². The Morgan fingerprint density at radius 2 is 2.25 bits per heavy atom. The van der Waals surface area contributed by atoms with Crippen LogP contribution in [0.15, 0.2) is 41.5 Å². The quantitative estimate of drug-likeness (QED) is 0.919. The molecule has 0 radical (unpaired) electrons. The molecule has 0 aromatic carbocycles. The van der Waals surface area contributed by atoms with Crippen molar-refractivity contribution in [1.82, 2.24) is 14.9 Å². The van der Waals surface area contributed by atoms with E-state index >= 15 is 0 Å². The van der Waals surface area contributed by atoms with Crippen molar-refractivity contribution >= 4 is 11.9 Å². The predicted molar refractivity (Wildman–Crippen MR) is 86.5 cm³/mol. The highest BCUT2D eigenvalue weighted by Crippen LogP contribution is 2.34. The summed E-state index contributed by atoms with van der Waals surface area (Å²) >= 11 is 0. The lowest BCUT2D eigenvalue weighted by Gasteiger charge is -2.35. The number of piperidine rings is 1. The maximum absolute atomic E-state index is 12.4. The SMILES string of the molecule is O=C(c1ccoc1)N1CC[C@@H]2[C@@H](CO[C@@H]2CNc2ncccn2)C1. The van der Waals surface area contributed by atoms with Crippen molar-refractivity contribution < 1.29 is 13.9 Å². The molecule has 4 heterocycles. The second kappa shape index (κ2) is 6.60. The number of rotatable bonds is 4. The molecule has 7 heteroatoms. The van der Waals surface area contributed by atoms with Crippen LogP contribution in [0.5, 0.6) is 0 Å². The van der Waals surface area contributed by atoms with Crippen molar-refractivity contribution in [2.45, 2.75) is 12.5 Å². The van der Waals surface area contributed by atoms with Crippen LogP contribution < -0.4 is 5.32 Å². The number of fused-ring (bicyclic) bond motifs is 1. The Morgan fingerprint density at radius 1 is 1.38 bits per heavy atom. The first-order chi connectivity index (χ1) is 11.8. The first-order valence-electron chi connectivity index (χ1n) is 8.25. The van der Waals surface area contributed by atoms with Gasteiger partial charge in [0.05, 0.1) is 24.5 Å². The fourth-order valence-electron chi connectivity index (χ4n) is 3.63. The number of aromatic nitrogens is 2. The lowest BCUT2D eigenvalue weighted by atomic mass is 9.84. The van der Waals surface area contributed by atoms with E-state index in [9.17, 15) is 4.79 Å². The highest BCUT2D eigenvalue weighted by molar-refractivity contribution is 5.93. The van der Waals surface area contributed by atoms with Gasteiger partial charge in [-0.25, -0.2) is 9.97 Å². The number of hydrogen-bond acceptors (Lipinski definition) is 6. The van der Waals surface area contributed by atoms with Crippen molar-refractivity contribution in [1.29, 1.82) is 0 Å². The van der Waals surface area contributed by atoms with Gasteiger partial charge in [0.25, 0.3) is 5.91 Å². The molecule has 0 saturated carbocycles. The average molecular weight is 328 g/mol. The standard InChI is InChI=1S/C17H20N4O3/c22-16(12-3-7-23-10-12)21-6-2-14-13(9-21)11-24-15(14)8-20-17-18-4-1-5-19-17/h1,3-5,7,10,13-15H,2,6,8-9,11H2,(H,18,19,20)/t13-,14-,15-/m1/s1. The van der Waals surface area contributed by atoms with Gasteiger partial charge in [0, 0.05) is 37.9 Å². The summed E-state index contributed by atoms with van der Waals surface area (Å²) in [6.45, 7) is 2.89. The zero-order valence-corrected chi connectivity index (χ0v) is 13.3. The number of amides is 1. The molecule has 0 unspecified atom stereocenters. The summed E-state index contributed by atoms with van der Waals surface area (Å²) in [5.41, 5.74) is 0.617. The Balaban J connectivity index is 1.33. The average Bonchev–Trinajstić information content (AvgIpc) is 3.30. The van der Waals surface area contributed by atoms with Gasteiger partial charge in [-0.2, -0.15) is 0 Å². The van der Waals surface area contributed by atoms with E-state index in [0.717, 1.165) is 19.5 Å². The Labute approximate surface area is 140 Å². The molecule has 7 nitrogen and oxygen atoms in total. The molecule has 0 aliphatic carbocycles. The number of ether oxygens (including phenoxy) is 1. The molecule has 1 N–H and O–H groups in total. The summed E-state index contributed by atoms with van der Waals surface area (Å²) in [5.74, 6) is 1.52. The van der Waals surface area contributed by atoms with Crippen LogP contribution in [0.4, 0.5) is 5.95 Å². The summed E-state index contributed by atoms with van der Waals surface area (Å²) < 4.78 is 11.0. The summed E-state index contributed by atoms with van der Waals surface area (Å²) in [4.78, 5) is 22.7. The van der Waals surface area contributed by atoms with Crippen LogP contribution in [-0.2, 0) is 4.74 Å². The molecule has 2 aromatic heterocycles. The molecule has 126 valence electrons. The molecular formula is C17H20N4O3. The van der Waals surface area contributed by atoms with E-state index in [-0.39, 0.29) is 12.0 Å². The largest absolute Gasteiger partial charge is 0.472 e. The van der Waals surface area contributed by atoms with Gasteiger partial charge in [-0.3, -0.25) is 4.79 Å². The van der Waals surface area contributed by atoms with E-state index < -0.39 is 0 Å². The van der Waals surface area contributed by atoms with Crippen LogP contribution >= 0.6 is 0 Å². The normalized spacial score (nSPS) is 26.2. The van der Waals surface area contributed by atoms with Crippen molar-refractivity contribution in [3.8, 4) is 0 Å². The molecule has 3 atom stereocenters. The minimum Gasteiger partial charge on any atom is -0.472 e. The third kappa shape index (κ3) is 2.99. The minimum absolute atomic E-state index is 0.0430. The van der Waals surface area contributed by atoms with Crippen molar-refractivity contribution in [2.75, 3.05) is 31.6 Å². The van der Waals surface area contributed by atoms with Gasteiger partial charge in [0.15, 0.2) is 0 Å². The summed E-state index contributed by atoms with van der Waals surface area (Å²) in [6, 6.07) is 3.51. The molecule has 1 amide bonds. The van der Waals surface area contributed by atoms with Crippen LogP contribution in [0, 0.1) is 11.8 Å². The van der Waals surface area contributed by atoms with Gasteiger partial charge < -0.3 is 19.4 Å². The van der Waals surface area contributed by atoms with E-state index in [4.69, 9.17) is 9.15 Å². The summed E-state index contributed by atoms with van der Waals surface area (Å²) in [5, 5.41) is 3.24. The van der Waals surface area contributed by atoms with Gasteiger partial charge in [-0.05, 0) is 24.5 Å². The molecule has 2 aliphatic heterocycles. The van der Waals surface area contributed by atoms with E-state index in [0.29, 0.717) is 36.5 Å². The third-order valence-electron chi connectivity index (χ3n) is 4.88. The molecular weight excluding hydrogens is 308 g/mol. The predicted octanol–water partition coefficient (Wildman–Crippen LogP) is 1.66. The molecule has 0 spiro atoms. The van der Waals surface area contributed by atoms with Crippen molar-refractivity contribution in [3.05, 3.63) is 42.6 Å². The van der Waals surface area contributed by atoms with Gasteiger partial charge in [0.1, 0.15) is 6.26 Å². The number of nitrogens with zero attached hydrogens (tertiary/aromatic N) is 3. The van der Waals surface area contributed by atoms with E-state index in [1.54, 1.807) is 24.5 Å². The second-order valence-corrected chi connectivity index (χ2v) is 6.30. The number of furan rings is 1. The van der Waals surface area contributed by atoms with Crippen molar-refractivity contribution in [3.63, 3.8) is 0 Å². The molecule has 0 bridgehead atoms. The molecule has 24 heavy (non-hydrogen) atoms. The molecule has 2 aliphatic rings. The van der Waals surface area contributed by atoms with Gasteiger partial charge in [0.2, 0.25) is 5.95 Å². The van der Waals surface area contributed by atoms with Gasteiger partial charge in [-0.15, -0.1) is 0 Å². The van der Waals surface area contributed by atoms with E-state index in [1.165, 1.54) is 12.5 Å². The Kier molecular flexibility index (Phi) is 4.17. The molecule has 2 saturated heterocycles. The highest BCUT2D eigenvalue weighted by Gasteiger charge is 2.41. The number of likely N-dealkylation sites (tertiary alicyclic amines) is 1. The lowest BCUT2D eigenvalue weighted by molar-refractivity contribution is 0.0620. The van der Waals surface area contributed by atoms with Crippen LogP contribution in [0.25, 0.3) is 0 Å². The molecule has 2 fully saturated rings. The fraction of sp³-hybridized carbons (Fsp3) is 0.471. The number of carbonyl (C=O) groups excluding carboxylic acids is 1. The van der Waals surface area contributed by atoms with E-state index in [2.05, 4.69) is 15.3 Å². The Morgan fingerprint density at radius 3 is 3.04 bits per heavy atom. The lowest BCUT2D eigenvalue weighted by Crippen LogP contribution is -2.45. The zero-order chi connectivity index (χ0) is 16.4. The Hall–Kier alpha value is -2.41. The minimum atomic E-state index is 0.0430. The maximum atomic E-state index is 12.4. The molecule has 2 aromatic rings. The van der Waals surface area contributed by atoms with Crippen LogP contribution in [0.3, 0.4) is 0 Å². The first-order valence-corrected chi connectivity index (χ1v) is 8.25. The first kappa shape index (κ1) is 15.1. The Bertz CT molecular complexity index is 676. The smallest absolute Gasteiger partial charge is 0.257 e. The van der Waals surface area contributed by atoms with E-state index in [1.807, 2.05) is 4.90 Å². The maximum Gasteiger partial charge on any atom is 0.257 e.